The Kier molecular flexibility index (Phi) is 3.80. The van der Waals surface area contributed by atoms with Crippen molar-refractivity contribution < 1.29 is 14.1 Å². The molecule has 0 fully saturated rings. The normalized spacial score (nSPS) is 10.4. The third-order valence-corrected chi connectivity index (χ3v) is 2.66. The van der Waals surface area contributed by atoms with E-state index in [9.17, 15) is 14.5 Å². The number of nitro benzene ring substituents is 1. The summed E-state index contributed by atoms with van der Waals surface area (Å²) in [6, 6.07) is 3.02. The number of halogens is 2. The Morgan fingerprint density at radius 3 is 2.75 bits per heavy atom. The fraction of sp³-hybridized carbons (Fsp3) is 0.167. The molecule has 0 bridgehead atoms. The molecule has 0 radical (unpaired) electrons. The second kappa shape index (κ2) is 5.38. The molecule has 0 spiro atoms. The van der Waals surface area contributed by atoms with Crippen molar-refractivity contribution in [1.29, 1.82) is 0 Å². The van der Waals surface area contributed by atoms with E-state index >= 15 is 0 Å². The average molecular weight is 298 g/mol. The predicted octanol–water partition coefficient (Wildman–Crippen LogP) is 3.59. The lowest BCUT2D eigenvalue weighted by molar-refractivity contribution is -0.385. The Morgan fingerprint density at radius 1 is 1.40 bits per heavy atom. The topological polar surface area (TPSA) is 78.2 Å². The number of hydrogen-bond donors (Lipinski definition) is 0. The van der Waals surface area contributed by atoms with Gasteiger partial charge in [0.25, 0.3) is 5.88 Å². The van der Waals surface area contributed by atoms with E-state index in [-0.39, 0.29) is 16.7 Å². The first-order valence-electron chi connectivity index (χ1n) is 5.50. The summed E-state index contributed by atoms with van der Waals surface area (Å²) >= 11 is 5.55. The SMILES string of the molecule is Cc1cc(C)c(Oc2nc(Cl)ncc2F)c([N+](=O)[O-])c1. The van der Waals surface area contributed by atoms with E-state index in [1.165, 1.54) is 6.07 Å². The van der Waals surface area contributed by atoms with Crippen LogP contribution in [0.5, 0.6) is 11.6 Å². The standard InChI is InChI=1S/C12H9ClFN3O3/c1-6-3-7(2)10(9(4-6)17(18)19)20-11-8(14)5-15-12(13)16-11/h3-5H,1-2H3. The number of rotatable bonds is 3. The van der Waals surface area contributed by atoms with Gasteiger partial charge in [0.05, 0.1) is 11.1 Å². The fourth-order valence-corrected chi connectivity index (χ4v) is 1.83. The van der Waals surface area contributed by atoms with Crippen molar-refractivity contribution in [1.82, 2.24) is 9.97 Å². The van der Waals surface area contributed by atoms with Gasteiger partial charge < -0.3 is 4.74 Å². The number of aromatic nitrogens is 2. The lowest BCUT2D eigenvalue weighted by Crippen LogP contribution is -2.00. The van der Waals surface area contributed by atoms with Crippen molar-refractivity contribution in [2.24, 2.45) is 0 Å². The molecule has 0 N–H and O–H groups in total. The fourth-order valence-electron chi connectivity index (χ4n) is 1.70. The van der Waals surface area contributed by atoms with E-state index in [0.717, 1.165) is 6.20 Å². The molecule has 0 aliphatic heterocycles. The van der Waals surface area contributed by atoms with Gasteiger partial charge in [-0.1, -0.05) is 6.07 Å². The maximum Gasteiger partial charge on any atom is 0.312 e. The zero-order chi connectivity index (χ0) is 14.9. The maximum absolute atomic E-state index is 13.5. The molecule has 2 aromatic rings. The molecule has 0 aliphatic carbocycles. The summed E-state index contributed by atoms with van der Waals surface area (Å²) in [4.78, 5) is 17.4. The highest BCUT2D eigenvalue weighted by molar-refractivity contribution is 6.28. The summed E-state index contributed by atoms with van der Waals surface area (Å²) < 4.78 is 18.7. The minimum absolute atomic E-state index is 0.0748. The zero-order valence-corrected chi connectivity index (χ0v) is 11.3. The van der Waals surface area contributed by atoms with Gasteiger partial charge in [-0.15, -0.1) is 0 Å². The Hall–Kier alpha value is -2.28. The van der Waals surface area contributed by atoms with E-state index in [1.54, 1.807) is 19.9 Å². The van der Waals surface area contributed by atoms with Crippen LogP contribution in [-0.4, -0.2) is 14.9 Å². The Morgan fingerprint density at radius 2 is 2.10 bits per heavy atom. The van der Waals surface area contributed by atoms with Crippen LogP contribution in [0.15, 0.2) is 18.3 Å². The van der Waals surface area contributed by atoms with Gasteiger partial charge in [-0.3, -0.25) is 10.1 Å². The van der Waals surface area contributed by atoms with Crippen LogP contribution < -0.4 is 4.74 Å². The molecule has 0 amide bonds. The highest BCUT2D eigenvalue weighted by atomic mass is 35.5. The van der Waals surface area contributed by atoms with Crippen LogP contribution in [-0.2, 0) is 0 Å². The number of benzene rings is 1. The van der Waals surface area contributed by atoms with Crippen molar-refractivity contribution >= 4 is 17.3 Å². The molecule has 1 aromatic heterocycles. The molecule has 1 aromatic carbocycles. The van der Waals surface area contributed by atoms with Gasteiger partial charge >= 0.3 is 5.69 Å². The van der Waals surface area contributed by atoms with Gasteiger partial charge in [-0.25, -0.2) is 4.98 Å². The minimum atomic E-state index is -0.858. The highest BCUT2D eigenvalue weighted by Crippen LogP contribution is 2.35. The maximum atomic E-state index is 13.5. The third kappa shape index (κ3) is 2.83. The molecular formula is C12H9ClFN3O3. The summed E-state index contributed by atoms with van der Waals surface area (Å²) in [6.07, 6.45) is 0.833. The Labute approximate surface area is 118 Å². The summed E-state index contributed by atoms with van der Waals surface area (Å²) in [6.45, 7) is 3.34. The second-order valence-corrected chi connectivity index (χ2v) is 4.42. The predicted molar refractivity (Wildman–Crippen MR) is 69.6 cm³/mol. The van der Waals surface area contributed by atoms with Gasteiger partial charge in [0.1, 0.15) is 0 Å². The van der Waals surface area contributed by atoms with Crippen LogP contribution >= 0.6 is 11.6 Å². The molecule has 1 heterocycles. The number of hydrogen-bond acceptors (Lipinski definition) is 5. The van der Waals surface area contributed by atoms with Crippen LogP contribution in [0.3, 0.4) is 0 Å². The molecule has 0 saturated carbocycles. The molecule has 0 unspecified atom stereocenters. The second-order valence-electron chi connectivity index (χ2n) is 4.08. The Balaban J connectivity index is 2.53. The molecule has 2 rings (SSSR count). The largest absolute Gasteiger partial charge is 0.429 e. The molecule has 0 atom stereocenters. The lowest BCUT2D eigenvalue weighted by Gasteiger charge is -2.09. The van der Waals surface area contributed by atoms with E-state index in [2.05, 4.69) is 9.97 Å². The molecule has 8 heteroatoms. The van der Waals surface area contributed by atoms with Gasteiger partial charge in [0.2, 0.25) is 16.9 Å². The van der Waals surface area contributed by atoms with Gasteiger partial charge in [0.15, 0.2) is 0 Å². The van der Waals surface area contributed by atoms with E-state index in [4.69, 9.17) is 16.3 Å². The first kappa shape index (κ1) is 14.1. The molecule has 6 nitrogen and oxygen atoms in total. The average Bonchev–Trinajstić information content (AvgIpc) is 2.36. The van der Waals surface area contributed by atoms with Gasteiger partial charge in [-0.2, -0.15) is 9.37 Å². The number of nitro groups is 1. The summed E-state index contributed by atoms with van der Waals surface area (Å²) in [5, 5.41) is 10.8. The summed E-state index contributed by atoms with van der Waals surface area (Å²) in [5.74, 6) is -1.39. The van der Waals surface area contributed by atoms with Crippen molar-refractivity contribution in [2.45, 2.75) is 13.8 Å². The van der Waals surface area contributed by atoms with Crippen LogP contribution in [0.1, 0.15) is 11.1 Å². The molecular weight excluding hydrogens is 289 g/mol. The molecule has 0 saturated heterocycles. The van der Waals surface area contributed by atoms with Crippen LogP contribution in [0, 0.1) is 29.8 Å². The van der Waals surface area contributed by atoms with Crippen molar-refractivity contribution in [3.8, 4) is 11.6 Å². The van der Waals surface area contributed by atoms with Crippen molar-refractivity contribution in [3.63, 3.8) is 0 Å². The van der Waals surface area contributed by atoms with Crippen LogP contribution in [0.2, 0.25) is 5.28 Å². The van der Waals surface area contributed by atoms with Gasteiger partial charge in [-0.05, 0) is 36.6 Å². The van der Waals surface area contributed by atoms with Gasteiger partial charge in [0, 0.05) is 6.07 Å². The quantitative estimate of drug-likeness (QED) is 0.491. The number of nitrogens with zero attached hydrogens (tertiary/aromatic N) is 3. The van der Waals surface area contributed by atoms with E-state index in [0.29, 0.717) is 11.1 Å². The third-order valence-electron chi connectivity index (χ3n) is 2.48. The van der Waals surface area contributed by atoms with Crippen molar-refractivity contribution in [2.75, 3.05) is 0 Å². The molecule has 104 valence electrons. The van der Waals surface area contributed by atoms with E-state index < -0.39 is 16.6 Å². The molecule has 20 heavy (non-hydrogen) atoms. The monoisotopic (exact) mass is 297 g/mol. The number of aryl methyl sites for hydroxylation is 2. The number of ether oxygens (including phenoxy) is 1. The first-order valence-corrected chi connectivity index (χ1v) is 5.88. The zero-order valence-electron chi connectivity index (χ0n) is 10.6. The summed E-state index contributed by atoms with van der Waals surface area (Å²) in [5.41, 5.74) is 0.921. The highest BCUT2D eigenvalue weighted by Gasteiger charge is 2.21. The lowest BCUT2D eigenvalue weighted by atomic mass is 10.1. The summed E-state index contributed by atoms with van der Waals surface area (Å²) in [7, 11) is 0. The van der Waals surface area contributed by atoms with Crippen LogP contribution in [0.4, 0.5) is 10.1 Å². The minimum Gasteiger partial charge on any atom is -0.429 e. The Bertz CT molecular complexity index is 694. The van der Waals surface area contributed by atoms with Crippen LogP contribution in [0.25, 0.3) is 0 Å². The smallest absolute Gasteiger partial charge is 0.312 e. The molecule has 0 aliphatic rings. The first-order chi connectivity index (χ1) is 9.38. The van der Waals surface area contributed by atoms with E-state index in [1.807, 2.05) is 0 Å². The van der Waals surface area contributed by atoms with Crippen molar-refractivity contribution in [3.05, 3.63) is 50.7 Å².